The maximum atomic E-state index is 14.0. The molecule has 1 N–H and O–H groups in total. The topological polar surface area (TPSA) is 88.5 Å². The molecule has 9 heteroatoms. The zero-order valence-corrected chi connectivity index (χ0v) is 17.2. The highest BCUT2D eigenvalue weighted by Crippen LogP contribution is 2.20. The highest BCUT2D eigenvalue weighted by atomic mass is 32.2. The van der Waals surface area contributed by atoms with Gasteiger partial charge in [-0.15, -0.1) is 0 Å². The number of benzene rings is 2. The van der Waals surface area contributed by atoms with Gasteiger partial charge < -0.3 is 9.88 Å². The molecule has 0 spiro atoms. The molecule has 156 valence electrons. The Morgan fingerprint density at radius 1 is 1.07 bits per heavy atom. The summed E-state index contributed by atoms with van der Waals surface area (Å²) < 4.78 is 40.9. The monoisotopic (exact) mass is 429 g/mol. The molecule has 3 rings (SSSR count). The first-order chi connectivity index (χ1) is 14.2. The molecule has 0 bridgehead atoms. The Morgan fingerprint density at radius 3 is 2.40 bits per heavy atom. The van der Waals surface area contributed by atoms with Crippen LogP contribution in [-0.2, 0) is 16.6 Å². The smallest absolute Gasteiger partial charge is 0.255 e. The minimum absolute atomic E-state index is 0.0109. The van der Waals surface area contributed by atoms with Crippen LogP contribution in [0.25, 0.3) is 0 Å². The summed E-state index contributed by atoms with van der Waals surface area (Å²) in [4.78, 5) is 23.7. The average molecular weight is 429 g/mol. The minimum Gasteiger partial charge on any atom is -0.322 e. The standard InChI is InChI=1S/C21H20FN3O4S/c1-24(2)30(28,29)19-13-16(8-11-18(19)22)21(27)23-17-9-6-15(7-10-17)14-25-12-4-3-5-20(25)26/h3-13H,14H2,1-2H3,(H,23,27). The van der Waals surface area contributed by atoms with E-state index in [1.807, 2.05) is 0 Å². The molecular weight excluding hydrogens is 409 g/mol. The zero-order chi connectivity index (χ0) is 21.9. The quantitative estimate of drug-likeness (QED) is 0.652. The lowest BCUT2D eigenvalue weighted by Gasteiger charge is -2.13. The van der Waals surface area contributed by atoms with Crippen molar-refractivity contribution in [2.24, 2.45) is 0 Å². The molecule has 1 heterocycles. The van der Waals surface area contributed by atoms with Gasteiger partial charge in [-0.25, -0.2) is 17.1 Å². The lowest BCUT2D eigenvalue weighted by Crippen LogP contribution is -2.24. The van der Waals surface area contributed by atoms with Crippen LogP contribution in [0.2, 0.25) is 0 Å². The minimum atomic E-state index is -4.02. The van der Waals surface area contributed by atoms with Gasteiger partial charge in [-0.2, -0.15) is 0 Å². The van der Waals surface area contributed by atoms with Crippen molar-refractivity contribution in [3.8, 4) is 0 Å². The Balaban J connectivity index is 1.77. The summed E-state index contributed by atoms with van der Waals surface area (Å²) in [6, 6.07) is 15.0. The molecule has 1 amide bonds. The van der Waals surface area contributed by atoms with E-state index in [-0.39, 0.29) is 11.1 Å². The van der Waals surface area contributed by atoms with Crippen molar-refractivity contribution in [3.05, 3.63) is 94.2 Å². The number of carbonyl (C=O) groups is 1. The van der Waals surface area contributed by atoms with E-state index in [1.165, 1.54) is 26.2 Å². The van der Waals surface area contributed by atoms with Gasteiger partial charge in [0.05, 0.1) is 6.54 Å². The van der Waals surface area contributed by atoms with E-state index in [9.17, 15) is 22.4 Å². The van der Waals surface area contributed by atoms with E-state index in [1.54, 1.807) is 47.2 Å². The second kappa shape index (κ2) is 8.60. The Labute approximate surface area is 173 Å². The second-order valence-electron chi connectivity index (χ2n) is 6.75. The van der Waals surface area contributed by atoms with Gasteiger partial charge in [-0.05, 0) is 42.0 Å². The number of nitrogens with one attached hydrogen (secondary N) is 1. The Hall–Kier alpha value is -3.30. The van der Waals surface area contributed by atoms with Crippen LogP contribution in [0.15, 0.2) is 76.6 Å². The van der Waals surface area contributed by atoms with Crippen LogP contribution in [0, 0.1) is 5.82 Å². The van der Waals surface area contributed by atoms with Gasteiger partial charge in [0.25, 0.3) is 11.5 Å². The highest BCUT2D eigenvalue weighted by Gasteiger charge is 2.23. The van der Waals surface area contributed by atoms with E-state index in [0.717, 1.165) is 22.0 Å². The summed E-state index contributed by atoms with van der Waals surface area (Å²) >= 11 is 0. The number of sulfonamides is 1. The summed E-state index contributed by atoms with van der Waals surface area (Å²) in [5.41, 5.74) is 1.24. The zero-order valence-electron chi connectivity index (χ0n) is 16.4. The molecule has 2 aromatic carbocycles. The fraction of sp³-hybridized carbons (Fsp3) is 0.143. The first-order valence-corrected chi connectivity index (χ1v) is 10.4. The number of nitrogens with zero attached hydrogens (tertiary/aromatic N) is 2. The van der Waals surface area contributed by atoms with Crippen molar-refractivity contribution < 1.29 is 17.6 Å². The number of amides is 1. The molecule has 3 aromatic rings. The predicted octanol–water partition coefficient (Wildman–Crippen LogP) is 2.54. The van der Waals surface area contributed by atoms with Crippen LogP contribution in [0.1, 0.15) is 15.9 Å². The Morgan fingerprint density at radius 2 is 1.77 bits per heavy atom. The largest absolute Gasteiger partial charge is 0.322 e. The summed E-state index contributed by atoms with van der Waals surface area (Å²) in [5.74, 6) is -1.50. The molecule has 0 unspecified atom stereocenters. The lowest BCUT2D eigenvalue weighted by atomic mass is 10.1. The Kier molecular flexibility index (Phi) is 6.14. The number of aromatic nitrogens is 1. The molecule has 0 aliphatic rings. The number of rotatable bonds is 6. The summed E-state index contributed by atoms with van der Waals surface area (Å²) in [7, 11) is -1.46. The first-order valence-electron chi connectivity index (χ1n) is 8.96. The number of anilines is 1. The fourth-order valence-corrected chi connectivity index (χ4v) is 3.71. The molecule has 0 atom stereocenters. The van der Waals surface area contributed by atoms with Crippen LogP contribution in [0.4, 0.5) is 10.1 Å². The Bertz CT molecular complexity index is 1240. The predicted molar refractivity (Wildman–Crippen MR) is 111 cm³/mol. The van der Waals surface area contributed by atoms with Gasteiger partial charge in [-0.1, -0.05) is 18.2 Å². The van der Waals surface area contributed by atoms with Gasteiger partial charge >= 0.3 is 0 Å². The van der Waals surface area contributed by atoms with E-state index >= 15 is 0 Å². The fourth-order valence-electron chi connectivity index (χ4n) is 2.72. The van der Waals surface area contributed by atoms with Crippen molar-refractivity contribution in [1.82, 2.24) is 8.87 Å². The van der Waals surface area contributed by atoms with E-state index in [4.69, 9.17) is 0 Å². The average Bonchev–Trinajstić information content (AvgIpc) is 2.71. The van der Waals surface area contributed by atoms with Crippen molar-refractivity contribution in [3.63, 3.8) is 0 Å². The third-order valence-electron chi connectivity index (χ3n) is 4.42. The maximum Gasteiger partial charge on any atom is 0.255 e. The van der Waals surface area contributed by atoms with Gasteiger partial charge in [0, 0.05) is 37.6 Å². The molecule has 0 saturated carbocycles. The van der Waals surface area contributed by atoms with Crippen molar-refractivity contribution >= 4 is 21.6 Å². The molecule has 30 heavy (non-hydrogen) atoms. The van der Waals surface area contributed by atoms with Crippen LogP contribution in [-0.4, -0.2) is 37.3 Å². The third kappa shape index (κ3) is 4.64. The van der Waals surface area contributed by atoms with Gasteiger partial charge in [0.1, 0.15) is 10.7 Å². The molecule has 0 aliphatic heterocycles. The highest BCUT2D eigenvalue weighted by molar-refractivity contribution is 7.89. The van der Waals surface area contributed by atoms with E-state index < -0.39 is 26.6 Å². The van der Waals surface area contributed by atoms with E-state index in [2.05, 4.69) is 5.32 Å². The SMILES string of the molecule is CN(C)S(=O)(=O)c1cc(C(=O)Nc2ccc(Cn3ccccc3=O)cc2)ccc1F. The van der Waals surface area contributed by atoms with E-state index in [0.29, 0.717) is 12.2 Å². The molecule has 0 aliphatic carbocycles. The first kappa shape index (κ1) is 21.4. The summed E-state index contributed by atoms with van der Waals surface area (Å²) in [5, 5.41) is 2.65. The second-order valence-corrected chi connectivity index (χ2v) is 8.87. The van der Waals surface area contributed by atoms with Crippen LogP contribution >= 0.6 is 0 Å². The molecule has 1 aromatic heterocycles. The van der Waals surface area contributed by atoms with Gasteiger partial charge in [0.15, 0.2) is 0 Å². The number of hydrogen-bond acceptors (Lipinski definition) is 4. The molecule has 0 fully saturated rings. The normalized spacial score (nSPS) is 11.5. The van der Waals surface area contributed by atoms with Crippen molar-refractivity contribution in [1.29, 1.82) is 0 Å². The van der Waals surface area contributed by atoms with Crippen molar-refractivity contribution in [2.75, 3.05) is 19.4 Å². The molecular formula is C21H20FN3O4S. The van der Waals surface area contributed by atoms with Gasteiger partial charge in [-0.3, -0.25) is 9.59 Å². The van der Waals surface area contributed by atoms with Crippen molar-refractivity contribution in [2.45, 2.75) is 11.4 Å². The number of pyridine rings is 1. The molecule has 0 saturated heterocycles. The van der Waals surface area contributed by atoms with Crippen LogP contribution in [0.3, 0.4) is 0 Å². The lowest BCUT2D eigenvalue weighted by molar-refractivity contribution is 0.102. The third-order valence-corrected chi connectivity index (χ3v) is 6.25. The number of halogens is 1. The summed E-state index contributed by atoms with van der Waals surface area (Å²) in [6.07, 6.45) is 1.69. The number of hydrogen-bond donors (Lipinski definition) is 1. The van der Waals surface area contributed by atoms with Crippen LogP contribution in [0.5, 0.6) is 0 Å². The molecule has 7 nitrogen and oxygen atoms in total. The number of carbonyl (C=O) groups excluding carboxylic acids is 1. The molecule has 0 radical (unpaired) electrons. The summed E-state index contributed by atoms with van der Waals surface area (Å²) in [6.45, 7) is 0.387. The maximum absolute atomic E-state index is 14.0. The van der Waals surface area contributed by atoms with Crippen LogP contribution < -0.4 is 10.9 Å². The van der Waals surface area contributed by atoms with Gasteiger partial charge in [0.2, 0.25) is 10.0 Å².